The molecule has 3 aromatic heterocycles. The Morgan fingerprint density at radius 2 is 2.05 bits per heavy atom. The predicted molar refractivity (Wildman–Crippen MR) is 72.9 cm³/mol. The molecule has 1 unspecified atom stereocenters. The van der Waals surface area contributed by atoms with Gasteiger partial charge in [-0.1, -0.05) is 6.07 Å². The van der Waals surface area contributed by atoms with Crippen molar-refractivity contribution >= 4 is 5.52 Å². The Bertz CT molecular complexity index is 704. The summed E-state index contributed by atoms with van der Waals surface area (Å²) in [5, 5.41) is 7.67. The van der Waals surface area contributed by atoms with Gasteiger partial charge in [0, 0.05) is 30.4 Å². The minimum atomic E-state index is 0.0640. The highest BCUT2D eigenvalue weighted by atomic mass is 15.2. The summed E-state index contributed by atoms with van der Waals surface area (Å²) >= 11 is 0. The lowest BCUT2D eigenvalue weighted by molar-refractivity contribution is 0.692. The summed E-state index contributed by atoms with van der Waals surface area (Å²) in [5.41, 5.74) is 4.37. The van der Waals surface area contributed by atoms with E-state index in [1.165, 1.54) is 0 Å². The number of hydrogen-bond acceptors (Lipinski definition) is 4. The maximum absolute atomic E-state index is 4.35. The summed E-state index contributed by atoms with van der Waals surface area (Å²) in [6.07, 6.45) is 11.0. The number of aromatic nitrogens is 4. The molecule has 0 amide bonds. The van der Waals surface area contributed by atoms with Crippen molar-refractivity contribution < 1.29 is 0 Å². The number of pyridine rings is 1. The van der Waals surface area contributed by atoms with Crippen LogP contribution in [0.5, 0.6) is 0 Å². The molecule has 0 spiro atoms. The van der Waals surface area contributed by atoms with E-state index in [0.29, 0.717) is 0 Å². The third-order valence-corrected chi connectivity index (χ3v) is 3.18. The Morgan fingerprint density at radius 3 is 2.84 bits per heavy atom. The second kappa shape index (κ2) is 4.78. The minimum absolute atomic E-state index is 0.0640. The molecule has 5 nitrogen and oxygen atoms in total. The molecule has 0 aliphatic rings. The average molecular weight is 253 g/mol. The molecular weight excluding hydrogens is 238 g/mol. The van der Waals surface area contributed by atoms with E-state index in [9.17, 15) is 0 Å². The molecule has 0 saturated carbocycles. The van der Waals surface area contributed by atoms with Crippen molar-refractivity contribution in [2.24, 2.45) is 0 Å². The van der Waals surface area contributed by atoms with Crippen molar-refractivity contribution in [3.05, 3.63) is 59.9 Å². The summed E-state index contributed by atoms with van der Waals surface area (Å²) < 4.78 is 1.83. The van der Waals surface area contributed by atoms with E-state index in [0.717, 1.165) is 22.2 Å². The van der Waals surface area contributed by atoms with Crippen molar-refractivity contribution in [3.63, 3.8) is 0 Å². The van der Waals surface area contributed by atoms with Crippen LogP contribution in [0.25, 0.3) is 5.52 Å². The van der Waals surface area contributed by atoms with E-state index < -0.39 is 0 Å². The number of hydrogen-bond donors (Lipinski definition) is 1. The highest BCUT2D eigenvalue weighted by Gasteiger charge is 2.17. The molecule has 1 N–H and O–H groups in total. The summed E-state index contributed by atoms with van der Waals surface area (Å²) in [5.74, 6) is 0. The molecule has 3 heterocycles. The van der Waals surface area contributed by atoms with Crippen molar-refractivity contribution in [2.45, 2.75) is 13.0 Å². The molecule has 5 heteroatoms. The van der Waals surface area contributed by atoms with Crippen molar-refractivity contribution in [1.29, 1.82) is 0 Å². The highest BCUT2D eigenvalue weighted by molar-refractivity contribution is 5.55. The quantitative estimate of drug-likeness (QED) is 0.772. The predicted octanol–water partition coefficient (Wildman–Crippen LogP) is 1.74. The van der Waals surface area contributed by atoms with Crippen LogP contribution in [0.2, 0.25) is 0 Å². The zero-order valence-electron chi connectivity index (χ0n) is 10.9. The second-order valence-corrected chi connectivity index (χ2v) is 4.52. The lowest BCUT2D eigenvalue weighted by Gasteiger charge is -2.15. The molecule has 1 atom stereocenters. The van der Waals surface area contributed by atoms with Crippen LogP contribution < -0.4 is 5.32 Å². The Kier molecular flexibility index (Phi) is 2.97. The van der Waals surface area contributed by atoms with Gasteiger partial charge in [-0.05, 0) is 25.1 Å². The molecule has 0 aliphatic heterocycles. The Morgan fingerprint density at radius 1 is 1.16 bits per heavy atom. The molecule has 96 valence electrons. The number of nitrogens with one attached hydrogen (secondary N) is 1. The lowest BCUT2D eigenvalue weighted by Crippen LogP contribution is -2.17. The molecule has 0 radical (unpaired) electrons. The molecule has 0 bridgehead atoms. The smallest absolute Gasteiger partial charge is 0.0896 e. The first-order valence-corrected chi connectivity index (χ1v) is 6.15. The first-order chi connectivity index (χ1) is 9.29. The molecule has 0 aliphatic carbocycles. The summed E-state index contributed by atoms with van der Waals surface area (Å²) in [4.78, 5) is 8.43. The van der Waals surface area contributed by atoms with Gasteiger partial charge >= 0.3 is 0 Å². The fourth-order valence-corrected chi connectivity index (χ4v) is 2.31. The summed E-state index contributed by atoms with van der Waals surface area (Å²) in [7, 11) is 1.94. The van der Waals surface area contributed by atoms with Crippen LogP contribution in [0.15, 0.2) is 43.2 Å². The first-order valence-electron chi connectivity index (χ1n) is 6.15. The maximum atomic E-state index is 4.35. The lowest BCUT2D eigenvalue weighted by atomic mass is 10.0. The molecule has 19 heavy (non-hydrogen) atoms. The Balaban J connectivity index is 2.12. The van der Waals surface area contributed by atoms with Crippen molar-refractivity contribution in [2.75, 3.05) is 7.05 Å². The van der Waals surface area contributed by atoms with Crippen LogP contribution in [0.1, 0.15) is 22.7 Å². The number of aryl methyl sites for hydroxylation is 1. The second-order valence-electron chi connectivity index (χ2n) is 4.52. The molecule has 3 aromatic rings. The van der Waals surface area contributed by atoms with Crippen LogP contribution >= 0.6 is 0 Å². The normalized spacial score (nSPS) is 12.7. The van der Waals surface area contributed by atoms with E-state index in [2.05, 4.69) is 26.4 Å². The third-order valence-electron chi connectivity index (χ3n) is 3.18. The number of rotatable bonds is 3. The average Bonchev–Trinajstić information content (AvgIpc) is 2.84. The number of fused-ring (bicyclic) bond motifs is 1. The van der Waals surface area contributed by atoms with E-state index in [1.807, 2.05) is 49.5 Å². The zero-order chi connectivity index (χ0) is 13.2. The number of nitrogens with zero attached hydrogens (tertiary/aromatic N) is 4. The molecule has 0 saturated heterocycles. The summed E-state index contributed by atoms with van der Waals surface area (Å²) in [6.45, 7) is 2.04. The fourth-order valence-electron chi connectivity index (χ4n) is 2.31. The fraction of sp³-hybridized carbons (Fsp3) is 0.214. The summed E-state index contributed by atoms with van der Waals surface area (Å²) in [6, 6.07) is 2.20. The van der Waals surface area contributed by atoms with Crippen LogP contribution in [0.3, 0.4) is 0 Å². The van der Waals surface area contributed by atoms with Gasteiger partial charge in [-0.15, -0.1) is 0 Å². The van der Waals surface area contributed by atoms with E-state index >= 15 is 0 Å². The van der Waals surface area contributed by atoms with Gasteiger partial charge in [0.1, 0.15) is 0 Å². The SMILES string of the molecule is CNC(c1cncc(C)c1)c1cnn2ccncc12. The molecule has 0 fully saturated rings. The van der Waals surface area contributed by atoms with Crippen LogP contribution in [0, 0.1) is 6.92 Å². The van der Waals surface area contributed by atoms with E-state index in [1.54, 1.807) is 6.20 Å². The van der Waals surface area contributed by atoms with Gasteiger partial charge < -0.3 is 5.32 Å². The van der Waals surface area contributed by atoms with Gasteiger partial charge in [-0.25, -0.2) is 4.52 Å². The van der Waals surface area contributed by atoms with E-state index in [-0.39, 0.29) is 6.04 Å². The molecule has 0 aromatic carbocycles. The van der Waals surface area contributed by atoms with Gasteiger partial charge in [0.05, 0.1) is 24.0 Å². The first kappa shape index (κ1) is 11.8. The maximum Gasteiger partial charge on any atom is 0.0896 e. The largest absolute Gasteiger partial charge is 0.309 e. The third kappa shape index (κ3) is 2.08. The molecular formula is C14H15N5. The molecule has 3 rings (SSSR count). The van der Waals surface area contributed by atoms with Crippen LogP contribution in [0.4, 0.5) is 0 Å². The van der Waals surface area contributed by atoms with Crippen LogP contribution in [-0.2, 0) is 0 Å². The van der Waals surface area contributed by atoms with Gasteiger partial charge in [0.25, 0.3) is 0 Å². The zero-order valence-corrected chi connectivity index (χ0v) is 10.9. The standard InChI is InChI=1S/C14H15N5/c1-10-5-11(7-17-6-10)14(15-2)12-8-18-19-4-3-16-9-13(12)19/h3-9,14-15H,1-2H3. The van der Waals surface area contributed by atoms with Gasteiger partial charge in [0.2, 0.25) is 0 Å². The van der Waals surface area contributed by atoms with Gasteiger partial charge in [-0.2, -0.15) is 5.10 Å². The van der Waals surface area contributed by atoms with Crippen molar-refractivity contribution in [1.82, 2.24) is 24.9 Å². The van der Waals surface area contributed by atoms with Gasteiger partial charge in [0.15, 0.2) is 0 Å². The minimum Gasteiger partial charge on any atom is -0.309 e. The monoisotopic (exact) mass is 253 g/mol. The van der Waals surface area contributed by atoms with E-state index in [4.69, 9.17) is 0 Å². The van der Waals surface area contributed by atoms with Crippen molar-refractivity contribution in [3.8, 4) is 0 Å². The van der Waals surface area contributed by atoms with Crippen LogP contribution in [-0.4, -0.2) is 26.6 Å². The van der Waals surface area contributed by atoms with Gasteiger partial charge in [-0.3, -0.25) is 9.97 Å². The Labute approximate surface area is 111 Å². The topological polar surface area (TPSA) is 55.1 Å². The highest BCUT2D eigenvalue weighted by Crippen LogP contribution is 2.24. The Hall–Kier alpha value is -2.27.